The normalized spacial score (nSPS) is 18.8. The van der Waals surface area contributed by atoms with E-state index in [1.807, 2.05) is 0 Å². The summed E-state index contributed by atoms with van der Waals surface area (Å²) in [5.74, 6) is 0.0455. The van der Waals surface area contributed by atoms with Gasteiger partial charge in [0.2, 0.25) is 11.8 Å². The number of nitrogens with zero attached hydrogens (tertiary/aromatic N) is 3. The zero-order valence-corrected chi connectivity index (χ0v) is 20.3. The maximum atomic E-state index is 13.3. The summed E-state index contributed by atoms with van der Waals surface area (Å²) in [6.07, 6.45) is -2.18. The molecule has 3 aromatic rings. The number of aromatic nitrogens is 2. The van der Waals surface area contributed by atoms with E-state index in [1.54, 1.807) is 17.9 Å². The van der Waals surface area contributed by atoms with Gasteiger partial charge in [0.25, 0.3) is 5.91 Å². The highest BCUT2D eigenvalue weighted by Gasteiger charge is 2.37. The number of hydrogen-bond acceptors (Lipinski definition) is 7. The second-order valence-corrected chi connectivity index (χ2v) is 9.44. The van der Waals surface area contributed by atoms with Gasteiger partial charge >= 0.3 is 6.18 Å². The number of fused-ring (bicyclic) bond motifs is 1. The lowest BCUT2D eigenvalue weighted by Gasteiger charge is -2.16. The molecule has 9 nitrogen and oxygen atoms in total. The average Bonchev–Trinajstić information content (AvgIpc) is 3.44. The number of pyridine rings is 1. The van der Waals surface area contributed by atoms with E-state index in [0.717, 1.165) is 18.9 Å². The van der Waals surface area contributed by atoms with Crippen LogP contribution in [0.2, 0.25) is 0 Å². The zero-order valence-electron chi connectivity index (χ0n) is 20.3. The molecule has 3 heterocycles. The maximum absolute atomic E-state index is 13.3. The molecule has 1 aliphatic carbocycles. The number of methoxy groups -OCH3 is 1. The van der Waals surface area contributed by atoms with Gasteiger partial charge in [-0.25, -0.2) is 9.97 Å². The van der Waals surface area contributed by atoms with Crippen molar-refractivity contribution >= 4 is 22.7 Å². The fourth-order valence-corrected chi connectivity index (χ4v) is 4.54. The van der Waals surface area contributed by atoms with Gasteiger partial charge in [-0.15, -0.1) is 0 Å². The Labute approximate surface area is 210 Å². The highest BCUT2D eigenvalue weighted by molar-refractivity contribution is 5.98. The Morgan fingerprint density at radius 3 is 2.59 bits per heavy atom. The predicted octanol–water partition coefficient (Wildman–Crippen LogP) is 3.68. The Morgan fingerprint density at radius 1 is 1.19 bits per heavy atom. The molecule has 37 heavy (non-hydrogen) atoms. The summed E-state index contributed by atoms with van der Waals surface area (Å²) in [5, 5.41) is 3.22. The lowest BCUT2D eigenvalue weighted by atomic mass is 10.1. The van der Waals surface area contributed by atoms with Crippen molar-refractivity contribution < 1.29 is 31.9 Å². The highest BCUT2D eigenvalue weighted by Crippen LogP contribution is 2.37. The van der Waals surface area contributed by atoms with Crippen molar-refractivity contribution in [2.45, 2.75) is 44.4 Å². The number of ether oxygens (including phenoxy) is 1. The first-order valence-electron chi connectivity index (χ1n) is 12.0. The first-order chi connectivity index (χ1) is 17.6. The van der Waals surface area contributed by atoms with Crippen LogP contribution in [0.1, 0.15) is 54.2 Å². The molecular weight excluding hydrogens is 491 g/mol. The third kappa shape index (κ3) is 4.85. The van der Waals surface area contributed by atoms with Gasteiger partial charge in [-0.1, -0.05) is 0 Å². The first kappa shape index (κ1) is 25.0. The molecule has 1 saturated carbocycles. The molecule has 0 unspecified atom stereocenters. The number of nitrogens with two attached hydrogens (primary N) is 1. The van der Waals surface area contributed by atoms with Crippen LogP contribution < -0.4 is 15.8 Å². The summed E-state index contributed by atoms with van der Waals surface area (Å²) in [6.45, 7) is 2.64. The molecule has 2 amide bonds. The third-order valence-electron chi connectivity index (χ3n) is 6.60. The number of carbonyl (C=O) groups is 2. The fraction of sp³-hybridized carbons (Fsp3) is 0.440. The molecule has 2 atom stereocenters. The zero-order chi connectivity index (χ0) is 26.5. The Bertz CT molecular complexity index is 1370. The number of nitrogens with one attached hydrogen (secondary N) is 1. The van der Waals surface area contributed by atoms with Crippen LogP contribution in [-0.2, 0) is 11.0 Å². The van der Waals surface area contributed by atoms with Crippen molar-refractivity contribution in [1.29, 1.82) is 0 Å². The number of alkyl halides is 3. The standard InChI is InChI=1S/C25H26F3N5O4/c1-12(29)21-20(22(34)30-14-9-10-33(11-14)24(35)13-3-4-13)32-23(37-21)16-5-7-17(36-2)19-15(16)6-8-18(31-19)25(26,27)28/h5-8,12-14H,3-4,9-11,29H2,1-2H3,(H,30,34)/t12-,14-/m0/s1. The number of carbonyl (C=O) groups excluding carboxylic acids is 2. The molecule has 12 heteroatoms. The predicted molar refractivity (Wildman–Crippen MR) is 127 cm³/mol. The minimum atomic E-state index is -4.63. The molecule has 1 saturated heterocycles. The van der Waals surface area contributed by atoms with Gasteiger partial charge in [-0.3, -0.25) is 9.59 Å². The van der Waals surface area contributed by atoms with Crippen LogP contribution in [-0.4, -0.2) is 52.9 Å². The molecule has 0 bridgehead atoms. The lowest BCUT2D eigenvalue weighted by Crippen LogP contribution is -2.39. The number of hydrogen-bond donors (Lipinski definition) is 2. The van der Waals surface area contributed by atoms with Crippen molar-refractivity contribution in [3.63, 3.8) is 0 Å². The highest BCUT2D eigenvalue weighted by atomic mass is 19.4. The summed E-state index contributed by atoms with van der Waals surface area (Å²) in [6, 6.07) is 4.25. The van der Waals surface area contributed by atoms with Crippen LogP contribution in [0.25, 0.3) is 22.4 Å². The van der Waals surface area contributed by atoms with E-state index in [9.17, 15) is 22.8 Å². The Kier molecular flexibility index (Phi) is 6.30. The van der Waals surface area contributed by atoms with Gasteiger partial charge in [0.1, 0.15) is 17.0 Å². The van der Waals surface area contributed by atoms with E-state index in [4.69, 9.17) is 14.9 Å². The lowest BCUT2D eigenvalue weighted by molar-refractivity contribution is -0.141. The van der Waals surface area contributed by atoms with E-state index in [2.05, 4.69) is 15.3 Å². The Hall–Kier alpha value is -3.67. The molecule has 0 radical (unpaired) electrons. The molecule has 0 spiro atoms. The maximum Gasteiger partial charge on any atom is 0.433 e. The molecule has 196 valence electrons. The molecule has 2 aliphatic rings. The van der Waals surface area contributed by atoms with Crippen LogP contribution in [0, 0.1) is 5.92 Å². The number of likely N-dealkylation sites (tertiary alicyclic amines) is 1. The number of benzene rings is 1. The molecule has 1 aromatic carbocycles. The van der Waals surface area contributed by atoms with Gasteiger partial charge in [0.05, 0.1) is 13.2 Å². The number of amides is 2. The van der Waals surface area contributed by atoms with Gasteiger partial charge in [0.15, 0.2) is 11.5 Å². The summed E-state index contributed by atoms with van der Waals surface area (Å²) < 4.78 is 50.9. The molecule has 2 aromatic heterocycles. The summed E-state index contributed by atoms with van der Waals surface area (Å²) in [5.41, 5.74) is 5.29. The van der Waals surface area contributed by atoms with Crippen LogP contribution >= 0.6 is 0 Å². The van der Waals surface area contributed by atoms with Gasteiger partial charge < -0.3 is 25.1 Å². The minimum absolute atomic E-state index is 0.0131. The van der Waals surface area contributed by atoms with E-state index < -0.39 is 23.8 Å². The molecule has 5 rings (SSSR count). The number of rotatable bonds is 6. The summed E-state index contributed by atoms with van der Waals surface area (Å²) in [4.78, 5) is 35.4. The van der Waals surface area contributed by atoms with Crippen molar-refractivity contribution in [2.24, 2.45) is 11.7 Å². The van der Waals surface area contributed by atoms with Gasteiger partial charge in [0, 0.05) is 36.0 Å². The van der Waals surface area contributed by atoms with E-state index >= 15 is 0 Å². The smallest absolute Gasteiger partial charge is 0.433 e. The molecular formula is C25H26F3N5O4. The summed E-state index contributed by atoms with van der Waals surface area (Å²) >= 11 is 0. The molecule has 2 fully saturated rings. The van der Waals surface area contributed by atoms with Crippen molar-refractivity contribution in [1.82, 2.24) is 20.2 Å². The average molecular weight is 518 g/mol. The van der Waals surface area contributed by atoms with Crippen molar-refractivity contribution in [3.05, 3.63) is 41.4 Å². The molecule has 1 aliphatic heterocycles. The van der Waals surface area contributed by atoms with E-state index in [1.165, 1.54) is 19.2 Å². The molecule has 3 N–H and O–H groups in total. The topological polar surface area (TPSA) is 124 Å². The van der Waals surface area contributed by atoms with E-state index in [-0.39, 0.29) is 46.5 Å². The largest absolute Gasteiger partial charge is 0.494 e. The van der Waals surface area contributed by atoms with E-state index in [0.29, 0.717) is 30.5 Å². The Balaban J connectivity index is 1.46. The summed E-state index contributed by atoms with van der Waals surface area (Å²) in [7, 11) is 1.33. The van der Waals surface area contributed by atoms with Crippen LogP contribution in [0.5, 0.6) is 5.75 Å². The third-order valence-corrected chi connectivity index (χ3v) is 6.60. The second kappa shape index (κ2) is 9.33. The van der Waals surface area contributed by atoms with Gasteiger partial charge in [-0.2, -0.15) is 13.2 Å². The first-order valence-corrected chi connectivity index (χ1v) is 12.0. The van der Waals surface area contributed by atoms with Crippen molar-refractivity contribution in [3.8, 4) is 17.2 Å². The van der Waals surface area contributed by atoms with Crippen LogP contribution in [0.4, 0.5) is 13.2 Å². The SMILES string of the molecule is COc1ccc(-c2nc(C(=O)N[C@H]3CCN(C(=O)C4CC4)C3)c([C@H](C)N)o2)c2ccc(C(F)(F)F)nc12. The Morgan fingerprint density at radius 2 is 1.95 bits per heavy atom. The van der Waals surface area contributed by atoms with Crippen LogP contribution in [0.3, 0.4) is 0 Å². The number of oxazole rings is 1. The fourth-order valence-electron chi connectivity index (χ4n) is 4.54. The van der Waals surface area contributed by atoms with Crippen LogP contribution in [0.15, 0.2) is 28.7 Å². The van der Waals surface area contributed by atoms with Gasteiger partial charge in [-0.05, 0) is 50.5 Å². The minimum Gasteiger partial charge on any atom is -0.494 e. The van der Waals surface area contributed by atoms with Crippen molar-refractivity contribution in [2.75, 3.05) is 20.2 Å². The monoisotopic (exact) mass is 517 g/mol. The second-order valence-electron chi connectivity index (χ2n) is 9.44. The number of halogens is 3. The quantitative estimate of drug-likeness (QED) is 0.511.